The summed E-state index contributed by atoms with van der Waals surface area (Å²) in [6.07, 6.45) is -5.63. The van der Waals surface area contributed by atoms with Crippen LogP contribution in [0, 0.1) is 0 Å². The van der Waals surface area contributed by atoms with Crippen molar-refractivity contribution in [3.05, 3.63) is 29.8 Å². The van der Waals surface area contributed by atoms with Gasteiger partial charge in [-0.2, -0.15) is 13.2 Å². The largest absolute Gasteiger partial charge is 0.481 e. The zero-order valence-electron chi connectivity index (χ0n) is 12.6. The summed E-state index contributed by atoms with van der Waals surface area (Å²) in [7, 11) is -3.95. The molecule has 0 spiro atoms. The first-order chi connectivity index (χ1) is 10.3. The molecule has 0 fully saturated rings. The molecule has 1 aromatic rings. The van der Waals surface area contributed by atoms with Crippen molar-refractivity contribution in [2.24, 2.45) is 0 Å². The van der Waals surface area contributed by atoms with Gasteiger partial charge in [-0.15, -0.1) is 0 Å². The summed E-state index contributed by atoms with van der Waals surface area (Å²) in [6.45, 7) is 3.07. The van der Waals surface area contributed by atoms with Crippen LogP contribution in [-0.2, 0) is 21.2 Å². The van der Waals surface area contributed by atoms with Crippen molar-refractivity contribution >= 4 is 16.0 Å². The smallest absolute Gasteiger partial charge is 0.393 e. The molecule has 0 saturated carbocycles. The van der Waals surface area contributed by atoms with Crippen LogP contribution >= 0.6 is 0 Å². The van der Waals surface area contributed by atoms with E-state index < -0.39 is 34.1 Å². The Morgan fingerprint density at radius 3 is 2.13 bits per heavy atom. The highest BCUT2D eigenvalue weighted by Gasteiger charge is 2.29. The highest BCUT2D eigenvalue weighted by molar-refractivity contribution is 7.89. The molecule has 0 aliphatic rings. The quantitative estimate of drug-likeness (QED) is 0.789. The molecule has 1 rings (SSSR count). The summed E-state index contributed by atoms with van der Waals surface area (Å²) in [5.74, 6) is -1.05. The Balaban J connectivity index is 2.86. The minimum Gasteiger partial charge on any atom is -0.481 e. The van der Waals surface area contributed by atoms with E-state index in [-0.39, 0.29) is 23.3 Å². The van der Waals surface area contributed by atoms with Gasteiger partial charge in [0.2, 0.25) is 10.0 Å². The zero-order valence-corrected chi connectivity index (χ0v) is 13.5. The molecule has 2 N–H and O–H groups in total. The standard InChI is InChI=1S/C14H18F3NO4S/c1-13(2,8-7-12(19)20)18-23(21,22)11-5-3-10(4-6-11)9-14(15,16)17/h3-6,18H,7-9H2,1-2H3,(H,19,20). The Labute approximate surface area is 132 Å². The lowest BCUT2D eigenvalue weighted by molar-refractivity contribution is -0.137. The maximum Gasteiger partial charge on any atom is 0.393 e. The van der Waals surface area contributed by atoms with Gasteiger partial charge in [0.25, 0.3) is 0 Å². The van der Waals surface area contributed by atoms with Crippen LogP contribution in [0.4, 0.5) is 13.2 Å². The molecule has 9 heteroatoms. The van der Waals surface area contributed by atoms with Gasteiger partial charge in [0.1, 0.15) is 0 Å². The number of alkyl halides is 3. The number of hydrogen-bond acceptors (Lipinski definition) is 3. The van der Waals surface area contributed by atoms with Crippen LogP contribution in [0.5, 0.6) is 0 Å². The predicted molar refractivity (Wildman–Crippen MR) is 77.5 cm³/mol. The third-order valence-electron chi connectivity index (χ3n) is 3.01. The molecule has 0 amide bonds. The molecule has 0 radical (unpaired) electrons. The number of carbonyl (C=O) groups is 1. The summed E-state index contributed by atoms with van der Waals surface area (Å²) < 4.78 is 63.6. The van der Waals surface area contributed by atoms with Crippen molar-refractivity contribution in [2.45, 2.75) is 49.7 Å². The lowest BCUT2D eigenvalue weighted by Gasteiger charge is -2.25. The van der Waals surface area contributed by atoms with Crippen molar-refractivity contribution in [3.63, 3.8) is 0 Å². The Bertz CT molecular complexity index is 652. The molecule has 0 aromatic heterocycles. The monoisotopic (exact) mass is 353 g/mol. The Kier molecular flexibility index (Phi) is 5.81. The second kappa shape index (κ2) is 6.88. The molecule has 0 unspecified atom stereocenters. The van der Waals surface area contributed by atoms with E-state index in [0.717, 1.165) is 24.3 Å². The van der Waals surface area contributed by atoms with Gasteiger partial charge in [0.05, 0.1) is 11.3 Å². The van der Waals surface area contributed by atoms with Gasteiger partial charge in [-0.1, -0.05) is 12.1 Å². The summed E-state index contributed by atoms with van der Waals surface area (Å²) in [6, 6.07) is 4.39. The molecule has 0 aliphatic carbocycles. The van der Waals surface area contributed by atoms with Gasteiger partial charge in [-0.05, 0) is 38.0 Å². The zero-order chi connectivity index (χ0) is 17.9. The first-order valence-electron chi connectivity index (χ1n) is 6.72. The SMILES string of the molecule is CC(C)(CCC(=O)O)NS(=O)(=O)c1ccc(CC(F)(F)F)cc1. The van der Waals surface area contributed by atoms with E-state index in [4.69, 9.17) is 5.11 Å². The minimum absolute atomic E-state index is 0.0402. The van der Waals surface area contributed by atoms with Gasteiger partial charge >= 0.3 is 12.1 Å². The number of rotatable bonds is 7. The Morgan fingerprint density at radius 1 is 1.17 bits per heavy atom. The van der Waals surface area contributed by atoms with Crippen LogP contribution in [0.25, 0.3) is 0 Å². The fourth-order valence-corrected chi connectivity index (χ4v) is 3.35. The van der Waals surface area contributed by atoms with Gasteiger partial charge in [0, 0.05) is 12.0 Å². The fraction of sp³-hybridized carbons (Fsp3) is 0.500. The molecular formula is C14H18F3NO4S. The first kappa shape index (κ1) is 19.4. The second-order valence-corrected chi connectivity index (χ2v) is 7.50. The van der Waals surface area contributed by atoms with Crippen LogP contribution < -0.4 is 4.72 Å². The number of nitrogens with one attached hydrogen (secondary N) is 1. The second-order valence-electron chi connectivity index (χ2n) is 5.82. The normalized spacial score (nSPS) is 13.1. The van der Waals surface area contributed by atoms with E-state index in [0.29, 0.717) is 0 Å². The number of sulfonamides is 1. The average molecular weight is 353 g/mol. The number of halogens is 3. The molecule has 5 nitrogen and oxygen atoms in total. The van der Waals surface area contributed by atoms with Crippen molar-refractivity contribution in [2.75, 3.05) is 0 Å². The molecule has 0 saturated heterocycles. The molecular weight excluding hydrogens is 335 g/mol. The third-order valence-corrected chi connectivity index (χ3v) is 4.73. The highest BCUT2D eigenvalue weighted by atomic mass is 32.2. The first-order valence-corrected chi connectivity index (χ1v) is 8.21. The highest BCUT2D eigenvalue weighted by Crippen LogP contribution is 2.23. The summed E-state index contributed by atoms with van der Waals surface area (Å²) in [4.78, 5) is 10.4. The average Bonchev–Trinajstić information content (AvgIpc) is 2.34. The van der Waals surface area contributed by atoms with Gasteiger partial charge in [-0.3, -0.25) is 4.79 Å². The number of carboxylic acid groups (broad SMARTS) is 1. The van der Waals surface area contributed by atoms with Crippen molar-refractivity contribution in [1.29, 1.82) is 0 Å². The Morgan fingerprint density at radius 2 is 1.70 bits per heavy atom. The molecule has 0 atom stereocenters. The van der Waals surface area contributed by atoms with E-state index in [1.807, 2.05) is 0 Å². The molecule has 23 heavy (non-hydrogen) atoms. The van der Waals surface area contributed by atoms with Crippen LogP contribution in [0.3, 0.4) is 0 Å². The molecule has 0 heterocycles. The number of benzene rings is 1. The summed E-state index contributed by atoms with van der Waals surface area (Å²) in [5.41, 5.74) is -1.04. The maximum atomic E-state index is 12.3. The number of carboxylic acids is 1. The summed E-state index contributed by atoms with van der Waals surface area (Å²) >= 11 is 0. The van der Waals surface area contributed by atoms with Crippen LogP contribution in [0.1, 0.15) is 32.3 Å². The van der Waals surface area contributed by atoms with E-state index in [1.54, 1.807) is 0 Å². The van der Waals surface area contributed by atoms with E-state index in [9.17, 15) is 26.4 Å². The van der Waals surface area contributed by atoms with E-state index in [2.05, 4.69) is 4.72 Å². The maximum absolute atomic E-state index is 12.3. The number of aliphatic carboxylic acids is 1. The molecule has 130 valence electrons. The van der Waals surface area contributed by atoms with Gasteiger partial charge < -0.3 is 5.11 Å². The minimum atomic E-state index is -4.36. The summed E-state index contributed by atoms with van der Waals surface area (Å²) in [5, 5.41) is 8.65. The van der Waals surface area contributed by atoms with Crippen LogP contribution in [0.2, 0.25) is 0 Å². The van der Waals surface area contributed by atoms with E-state index >= 15 is 0 Å². The lowest BCUT2D eigenvalue weighted by Crippen LogP contribution is -2.43. The van der Waals surface area contributed by atoms with Crippen molar-refractivity contribution in [3.8, 4) is 0 Å². The van der Waals surface area contributed by atoms with Gasteiger partial charge in [0.15, 0.2) is 0 Å². The van der Waals surface area contributed by atoms with Crippen LogP contribution in [-0.4, -0.2) is 31.2 Å². The van der Waals surface area contributed by atoms with Crippen LogP contribution in [0.15, 0.2) is 29.2 Å². The Hall–Kier alpha value is -1.61. The third kappa shape index (κ3) is 7.00. The molecule has 0 bridgehead atoms. The fourth-order valence-electron chi connectivity index (χ4n) is 1.91. The molecule has 1 aromatic carbocycles. The predicted octanol–water partition coefficient (Wildman–Crippen LogP) is 2.71. The van der Waals surface area contributed by atoms with E-state index in [1.165, 1.54) is 13.8 Å². The van der Waals surface area contributed by atoms with Gasteiger partial charge in [-0.25, -0.2) is 13.1 Å². The van der Waals surface area contributed by atoms with Crippen molar-refractivity contribution < 1.29 is 31.5 Å². The lowest BCUT2D eigenvalue weighted by atomic mass is 10.0. The topological polar surface area (TPSA) is 83.5 Å². The van der Waals surface area contributed by atoms with Crippen molar-refractivity contribution in [1.82, 2.24) is 4.72 Å². The molecule has 0 aliphatic heterocycles. The number of hydrogen-bond donors (Lipinski definition) is 2.